The van der Waals surface area contributed by atoms with E-state index in [4.69, 9.17) is 14.6 Å². The van der Waals surface area contributed by atoms with Gasteiger partial charge < -0.3 is 14.6 Å². The van der Waals surface area contributed by atoms with E-state index < -0.39 is 18.0 Å². The van der Waals surface area contributed by atoms with E-state index in [1.165, 1.54) is 12.1 Å². The molecule has 0 aromatic heterocycles. The third-order valence-electron chi connectivity index (χ3n) is 3.26. The molecule has 2 aromatic rings. The highest BCUT2D eigenvalue weighted by atomic mass is 16.6. The highest BCUT2D eigenvalue weighted by Gasteiger charge is 2.23. The Balaban J connectivity index is 2.11. The smallest absolute Gasteiger partial charge is 0.352 e. The lowest BCUT2D eigenvalue weighted by Crippen LogP contribution is -2.31. The van der Waals surface area contributed by atoms with Crippen molar-refractivity contribution in [1.82, 2.24) is 0 Å². The SMILES string of the molecule is CCC(Oc1ccc(C)cc1)C(=O)Oc1ccccc1C(=O)O. The Hall–Kier alpha value is -2.82. The van der Waals surface area contributed by atoms with Crippen LogP contribution in [0.4, 0.5) is 0 Å². The minimum atomic E-state index is -1.15. The van der Waals surface area contributed by atoms with Crippen molar-refractivity contribution in [2.45, 2.75) is 26.4 Å². The van der Waals surface area contributed by atoms with Crippen LogP contribution in [0.3, 0.4) is 0 Å². The first kappa shape index (κ1) is 16.5. The van der Waals surface area contributed by atoms with Crippen molar-refractivity contribution in [3.05, 3.63) is 59.7 Å². The van der Waals surface area contributed by atoms with Gasteiger partial charge in [-0.25, -0.2) is 9.59 Å². The molecule has 0 radical (unpaired) electrons. The number of hydrogen-bond donors (Lipinski definition) is 1. The number of carbonyl (C=O) groups excluding carboxylic acids is 1. The van der Waals surface area contributed by atoms with E-state index >= 15 is 0 Å². The summed E-state index contributed by atoms with van der Waals surface area (Å²) in [7, 11) is 0. The lowest BCUT2D eigenvalue weighted by atomic mass is 10.2. The summed E-state index contributed by atoms with van der Waals surface area (Å²) in [4.78, 5) is 23.4. The van der Waals surface area contributed by atoms with Crippen molar-refractivity contribution >= 4 is 11.9 Å². The van der Waals surface area contributed by atoms with Crippen molar-refractivity contribution < 1.29 is 24.2 Å². The number of ether oxygens (including phenoxy) is 2. The van der Waals surface area contributed by atoms with Crippen molar-refractivity contribution in [2.24, 2.45) is 0 Å². The van der Waals surface area contributed by atoms with E-state index in [1.807, 2.05) is 19.1 Å². The van der Waals surface area contributed by atoms with Crippen LogP contribution in [0.1, 0.15) is 29.3 Å². The second-order valence-corrected chi connectivity index (χ2v) is 5.05. The van der Waals surface area contributed by atoms with Gasteiger partial charge in [0, 0.05) is 0 Å². The van der Waals surface area contributed by atoms with E-state index in [2.05, 4.69) is 0 Å². The Bertz CT molecular complexity index is 691. The Labute approximate surface area is 134 Å². The molecule has 120 valence electrons. The van der Waals surface area contributed by atoms with E-state index in [0.29, 0.717) is 12.2 Å². The molecule has 1 unspecified atom stereocenters. The molecule has 0 amide bonds. The van der Waals surface area contributed by atoms with Crippen LogP contribution in [0.5, 0.6) is 11.5 Å². The molecule has 0 bridgehead atoms. The number of carboxylic acids is 1. The van der Waals surface area contributed by atoms with Gasteiger partial charge in [-0.2, -0.15) is 0 Å². The first-order chi connectivity index (χ1) is 11.0. The Morgan fingerprint density at radius 2 is 1.74 bits per heavy atom. The number of carboxylic acid groups (broad SMARTS) is 1. The average Bonchev–Trinajstić information content (AvgIpc) is 2.54. The van der Waals surface area contributed by atoms with Crippen LogP contribution in [0.15, 0.2) is 48.5 Å². The maximum atomic E-state index is 12.2. The number of carbonyl (C=O) groups is 2. The molecule has 5 heteroatoms. The van der Waals surface area contributed by atoms with Gasteiger partial charge in [-0.15, -0.1) is 0 Å². The fraction of sp³-hybridized carbons (Fsp3) is 0.222. The zero-order valence-corrected chi connectivity index (χ0v) is 13.0. The molecule has 0 heterocycles. The minimum Gasteiger partial charge on any atom is -0.479 e. The molecular weight excluding hydrogens is 296 g/mol. The fourth-order valence-electron chi connectivity index (χ4n) is 1.99. The molecule has 0 saturated heterocycles. The summed E-state index contributed by atoms with van der Waals surface area (Å²) >= 11 is 0. The van der Waals surface area contributed by atoms with Crippen molar-refractivity contribution in [2.75, 3.05) is 0 Å². The minimum absolute atomic E-state index is 0.0101. The van der Waals surface area contributed by atoms with Gasteiger partial charge in [0.1, 0.15) is 17.1 Å². The summed E-state index contributed by atoms with van der Waals surface area (Å²) in [6.07, 6.45) is -0.401. The number of aromatic carboxylic acids is 1. The monoisotopic (exact) mass is 314 g/mol. The molecule has 0 aliphatic heterocycles. The molecule has 2 rings (SSSR count). The average molecular weight is 314 g/mol. The lowest BCUT2D eigenvalue weighted by Gasteiger charge is -2.17. The van der Waals surface area contributed by atoms with E-state index in [-0.39, 0.29) is 11.3 Å². The number of hydrogen-bond acceptors (Lipinski definition) is 4. The highest BCUT2D eigenvalue weighted by Crippen LogP contribution is 2.20. The molecule has 23 heavy (non-hydrogen) atoms. The summed E-state index contributed by atoms with van der Waals surface area (Å²) < 4.78 is 10.8. The second kappa shape index (κ2) is 7.45. The Morgan fingerprint density at radius 3 is 2.35 bits per heavy atom. The predicted octanol–water partition coefficient (Wildman–Crippen LogP) is 3.46. The van der Waals surface area contributed by atoms with Gasteiger partial charge in [-0.1, -0.05) is 36.8 Å². The Kier molecular flexibility index (Phi) is 5.36. The van der Waals surface area contributed by atoms with Crippen molar-refractivity contribution in [1.29, 1.82) is 0 Å². The lowest BCUT2D eigenvalue weighted by molar-refractivity contribution is -0.142. The van der Waals surface area contributed by atoms with Crippen LogP contribution in [-0.4, -0.2) is 23.1 Å². The van der Waals surface area contributed by atoms with Gasteiger partial charge in [0.15, 0.2) is 6.10 Å². The first-order valence-corrected chi connectivity index (χ1v) is 7.28. The van der Waals surface area contributed by atoms with Gasteiger partial charge in [0.25, 0.3) is 0 Å². The molecular formula is C18H18O5. The summed E-state index contributed by atoms with van der Waals surface area (Å²) in [6.45, 7) is 3.75. The number of benzene rings is 2. The number of aryl methyl sites for hydroxylation is 1. The Morgan fingerprint density at radius 1 is 1.09 bits per heavy atom. The predicted molar refractivity (Wildman–Crippen MR) is 84.9 cm³/mol. The fourth-order valence-corrected chi connectivity index (χ4v) is 1.99. The standard InChI is InChI=1S/C18H18O5/c1-3-15(22-13-10-8-12(2)9-11-13)18(21)23-16-7-5-4-6-14(16)17(19)20/h4-11,15H,3H2,1-2H3,(H,19,20). The van der Waals surface area contributed by atoms with Crippen LogP contribution in [-0.2, 0) is 4.79 Å². The number of esters is 1. The summed E-state index contributed by atoms with van der Waals surface area (Å²) in [6, 6.07) is 13.3. The largest absolute Gasteiger partial charge is 0.479 e. The zero-order chi connectivity index (χ0) is 16.8. The van der Waals surface area contributed by atoms with Crippen LogP contribution >= 0.6 is 0 Å². The molecule has 0 fully saturated rings. The van der Waals surface area contributed by atoms with Gasteiger partial charge >= 0.3 is 11.9 Å². The zero-order valence-electron chi connectivity index (χ0n) is 13.0. The van der Waals surface area contributed by atoms with E-state index in [9.17, 15) is 9.59 Å². The van der Waals surface area contributed by atoms with E-state index in [0.717, 1.165) is 5.56 Å². The van der Waals surface area contributed by atoms with Gasteiger partial charge in [0.05, 0.1) is 0 Å². The molecule has 2 aromatic carbocycles. The maximum absolute atomic E-state index is 12.2. The number of para-hydroxylation sites is 1. The van der Waals surface area contributed by atoms with Crippen LogP contribution < -0.4 is 9.47 Å². The molecule has 0 spiro atoms. The topological polar surface area (TPSA) is 72.8 Å². The van der Waals surface area contributed by atoms with Crippen LogP contribution in [0, 0.1) is 6.92 Å². The molecule has 0 aliphatic rings. The van der Waals surface area contributed by atoms with Crippen LogP contribution in [0.25, 0.3) is 0 Å². The molecule has 1 atom stereocenters. The van der Waals surface area contributed by atoms with Crippen LogP contribution in [0.2, 0.25) is 0 Å². The summed E-state index contributed by atoms with van der Waals surface area (Å²) in [5, 5.41) is 9.11. The van der Waals surface area contributed by atoms with Gasteiger partial charge in [0.2, 0.25) is 0 Å². The maximum Gasteiger partial charge on any atom is 0.352 e. The van der Waals surface area contributed by atoms with Gasteiger partial charge in [-0.05, 0) is 37.6 Å². The first-order valence-electron chi connectivity index (χ1n) is 7.28. The highest BCUT2D eigenvalue weighted by molar-refractivity contribution is 5.92. The van der Waals surface area contributed by atoms with E-state index in [1.54, 1.807) is 31.2 Å². The van der Waals surface area contributed by atoms with Crippen molar-refractivity contribution in [3.8, 4) is 11.5 Å². The van der Waals surface area contributed by atoms with Gasteiger partial charge in [-0.3, -0.25) is 0 Å². The molecule has 0 saturated carbocycles. The summed E-state index contributed by atoms with van der Waals surface area (Å²) in [5.41, 5.74) is 1.02. The molecule has 0 aliphatic carbocycles. The summed E-state index contributed by atoms with van der Waals surface area (Å²) in [5.74, 6) is -1.20. The third kappa shape index (κ3) is 4.32. The molecule has 1 N–H and O–H groups in total. The quantitative estimate of drug-likeness (QED) is 0.653. The normalized spacial score (nSPS) is 11.6. The molecule has 5 nitrogen and oxygen atoms in total. The third-order valence-corrected chi connectivity index (χ3v) is 3.26. The number of rotatable bonds is 6. The second-order valence-electron chi connectivity index (χ2n) is 5.05. The van der Waals surface area contributed by atoms with Crippen molar-refractivity contribution in [3.63, 3.8) is 0 Å².